The molecule has 0 saturated heterocycles. The Morgan fingerprint density at radius 3 is 2.77 bits per heavy atom. The van der Waals surface area contributed by atoms with Crippen molar-refractivity contribution in [1.82, 2.24) is 0 Å². The largest absolute Gasteiger partial charge is 0.504 e. The van der Waals surface area contributed by atoms with Crippen LogP contribution in [0.25, 0.3) is 0 Å². The monoisotopic (exact) mass is 244 g/mol. The molecule has 0 aliphatic rings. The van der Waals surface area contributed by atoms with Crippen LogP contribution >= 0.6 is 15.9 Å². The van der Waals surface area contributed by atoms with Gasteiger partial charge in [-0.25, -0.2) is 0 Å². The highest BCUT2D eigenvalue weighted by Crippen LogP contribution is 2.30. The molecule has 0 radical (unpaired) electrons. The van der Waals surface area contributed by atoms with E-state index in [-0.39, 0.29) is 10.6 Å². The van der Waals surface area contributed by atoms with Crippen LogP contribution in [0.4, 0.5) is 0 Å². The number of halogens is 1. The van der Waals surface area contributed by atoms with E-state index in [0.717, 1.165) is 6.29 Å². The molecule has 70 valence electrons. The van der Waals surface area contributed by atoms with Gasteiger partial charge in [0.15, 0.2) is 11.5 Å². The Bertz CT molecular complexity index is 312. The van der Waals surface area contributed by atoms with Crippen molar-refractivity contribution < 1.29 is 14.6 Å². The second-order valence-electron chi connectivity index (χ2n) is 2.47. The zero-order valence-electron chi connectivity index (χ0n) is 7.03. The molecule has 1 rings (SSSR count). The van der Waals surface area contributed by atoms with Crippen molar-refractivity contribution in [1.29, 1.82) is 0 Å². The van der Waals surface area contributed by atoms with Gasteiger partial charge in [-0.05, 0) is 17.7 Å². The summed E-state index contributed by atoms with van der Waals surface area (Å²) in [5.74, 6) is 0.431. The van der Waals surface area contributed by atoms with E-state index in [1.807, 2.05) is 0 Å². The van der Waals surface area contributed by atoms with E-state index in [1.54, 1.807) is 12.1 Å². The number of ether oxygens (including phenoxy) is 1. The second kappa shape index (κ2) is 4.28. The van der Waals surface area contributed by atoms with Gasteiger partial charge >= 0.3 is 0 Å². The fraction of sp³-hybridized carbons (Fsp3) is 0.222. The van der Waals surface area contributed by atoms with Crippen LogP contribution in [0.5, 0.6) is 11.5 Å². The highest BCUT2D eigenvalue weighted by molar-refractivity contribution is 9.09. The first kappa shape index (κ1) is 10.1. The van der Waals surface area contributed by atoms with Crippen molar-refractivity contribution >= 4 is 22.2 Å². The topological polar surface area (TPSA) is 46.5 Å². The third kappa shape index (κ3) is 2.21. The van der Waals surface area contributed by atoms with E-state index >= 15 is 0 Å². The number of carbonyl (C=O) groups excluding carboxylic acids is 1. The summed E-state index contributed by atoms with van der Waals surface area (Å²) in [7, 11) is 1.47. The van der Waals surface area contributed by atoms with Gasteiger partial charge in [0.25, 0.3) is 0 Å². The van der Waals surface area contributed by atoms with E-state index in [0.29, 0.717) is 11.3 Å². The van der Waals surface area contributed by atoms with Gasteiger partial charge in [0.1, 0.15) is 6.29 Å². The number of aromatic hydroxyl groups is 1. The third-order valence-electron chi connectivity index (χ3n) is 1.64. The van der Waals surface area contributed by atoms with Crippen molar-refractivity contribution in [2.24, 2.45) is 0 Å². The molecule has 0 amide bonds. The minimum absolute atomic E-state index is 0.0336. The van der Waals surface area contributed by atoms with Crippen LogP contribution in [0.2, 0.25) is 0 Å². The van der Waals surface area contributed by atoms with E-state index < -0.39 is 0 Å². The normalized spacial score (nSPS) is 12.2. The van der Waals surface area contributed by atoms with Crippen molar-refractivity contribution in [3.8, 4) is 11.5 Å². The van der Waals surface area contributed by atoms with E-state index in [1.165, 1.54) is 13.2 Å². The number of aldehydes is 1. The second-order valence-corrected chi connectivity index (χ2v) is 3.46. The lowest BCUT2D eigenvalue weighted by atomic mass is 10.1. The molecule has 1 N–H and O–H groups in total. The minimum Gasteiger partial charge on any atom is -0.504 e. The maximum Gasteiger partial charge on any atom is 0.160 e. The Labute approximate surface area is 84.5 Å². The number of phenolic OH excluding ortho intramolecular Hbond substituents is 1. The van der Waals surface area contributed by atoms with Gasteiger partial charge in [0, 0.05) is 0 Å². The minimum atomic E-state index is -0.385. The van der Waals surface area contributed by atoms with Gasteiger partial charge in [-0.3, -0.25) is 0 Å². The number of methoxy groups -OCH3 is 1. The number of rotatable bonds is 3. The molecule has 13 heavy (non-hydrogen) atoms. The zero-order valence-corrected chi connectivity index (χ0v) is 8.61. The van der Waals surface area contributed by atoms with Crippen molar-refractivity contribution in [2.75, 3.05) is 7.11 Å². The van der Waals surface area contributed by atoms with Crippen LogP contribution in [0.3, 0.4) is 0 Å². The van der Waals surface area contributed by atoms with Gasteiger partial charge in [-0.1, -0.05) is 22.0 Å². The molecule has 0 bridgehead atoms. The molecule has 1 aromatic carbocycles. The summed E-state index contributed by atoms with van der Waals surface area (Å²) in [5.41, 5.74) is 0.702. The summed E-state index contributed by atoms with van der Waals surface area (Å²) in [4.78, 5) is 10.0. The quantitative estimate of drug-likeness (QED) is 0.654. The van der Waals surface area contributed by atoms with Crippen LogP contribution < -0.4 is 4.74 Å². The van der Waals surface area contributed by atoms with Crippen LogP contribution in [0.1, 0.15) is 10.4 Å². The lowest BCUT2D eigenvalue weighted by Gasteiger charge is -2.06. The Kier molecular flexibility index (Phi) is 3.31. The Morgan fingerprint density at radius 2 is 2.31 bits per heavy atom. The molecule has 1 aromatic rings. The smallest absolute Gasteiger partial charge is 0.160 e. The molecule has 0 unspecified atom stereocenters. The maximum atomic E-state index is 10.4. The molecule has 1 atom stereocenters. The average Bonchev–Trinajstić information content (AvgIpc) is 2.16. The molecule has 0 saturated carbocycles. The van der Waals surface area contributed by atoms with Crippen LogP contribution in [-0.4, -0.2) is 18.5 Å². The zero-order chi connectivity index (χ0) is 9.84. The predicted molar refractivity (Wildman–Crippen MR) is 52.4 cm³/mol. The lowest BCUT2D eigenvalue weighted by molar-refractivity contribution is -0.107. The first-order valence-electron chi connectivity index (χ1n) is 3.65. The molecule has 0 aliphatic carbocycles. The summed E-state index contributed by atoms with van der Waals surface area (Å²) >= 11 is 3.15. The van der Waals surface area contributed by atoms with E-state index in [4.69, 9.17) is 4.74 Å². The molecule has 3 nitrogen and oxygen atoms in total. The lowest BCUT2D eigenvalue weighted by Crippen LogP contribution is -1.91. The number of hydrogen-bond acceptors (Lipinski definition) is 3. The maximum absolute atomic E-state index is 10.4. The predicted octanol–water partition coefficient (Wildman–Crippen LogP) is 2.04. The Balaban J connectivity index is 3.02. The molecule has 4 heteroatoms. The van der Waals surface area contributed by atoms with Gasteiger partial charge in [-0.2, -0.15) is 0 Å². The molecular formula is C9H9BrO3. The molecule has 0 heterocycles. The number of carbonyl (C=O) groups is 1. The highest BCUT2D eigenvalue weighted by Gasteiger charge is 2.08. The van der Waals surface area contributed by atoms with Gasteiger partial charge in [0.05, 0.1) is 11.9 Å². The standard InChI is InChI=1S/C9H9BrO3/c1-13-9-3-2-6(4-8(9)12)7(10)5-11/h2-5,7,12H,1H3/t7-/m1/s1. The van der Waals surface area contributed by atoms with Crippen molar-refractivity contribution in [3.63, 3.8) is 0 Å². The summed E-state index contributed by atoms with van der Waals surface area (Å²) in [6.45, 7) is 0. The van der Waals surface area contributed by atoms with Gasteiger partial charge in [-0.15, -0.1) is 0 Å². The number of hydrogen-bond donors (Lipinski definition) is 1. The third-order valence-corrected chi connectivity index (χ3v) is 2.39. The molecule has 0 fully saturated rings. The first-order chi connectivity index (χ1) is 6.19. The Hall–Kier alpha value is -1.03. The van der Waals surface area contributed by atoms with E-state index in [2.05, 4.69) is 15.9 Å². The first-order valence-corrected chi connectivity index (χ1v) is 4.57. The fourth-order valence-corrected chi connectivity index (χ4v) is 1.24. The molecular weight excluding hydrogens is 236 g/mol. The molecule has 0 spiro atoms. The fourth-order valence-electron chi connectivity index (χ4n) is 0.957. The van der Waals surface area contributed by atoms with Crippen LogP contribution in [0.15, 0.2) is 18.2 Å². The summed E-state index contributed by atoms with van der Waals surface area (Å²) in [6.07, 6.45) is 0.751. The summed E-state index contributed by atoms with van der Waals surface area (Å²) in [5, 5.41) is 9.37. The molecule has 0 aromatic heterocycles. The number of phenols is 1. The Morgan fingerprint density at radius 1 is 1.62 bits per heavy atom. The van der Waals surface area contributed by atoms with Crippen molar-refractivity contribution in [2.45, 2.75) is 4.83 Å². The van der Waals surface area contributed by atoms with Gasteiger partial charge < -0.3 is 14.6 Å². The van der Waals surface area contributed by atoms with Crippen LogP contribution in [-0.2, 0) is 4.79 Å². The van der Waals surface area contributed by atoms with Crippen molar-refractivity contribution in [3.05, 3.63) is 23.8 Å². The van der Waals surface area contributed by atoms with E-state index in [9.17, 15) is 9.90 Å². The SMILES string of the molecule is COc1ccc([C@H](Br)C=O)cc1O. The van der Waals surface area contributed by atoms with Crippen LogP contribution in [0, 0.1) is 0 Å². The number of alkyl halides is 1. The number of benzene rings is 1. The van der Waals surface area contributed by atoms with Gasteiger partial charge in [0.2, 0.25) is 0 Å². The average molecular weight is 245 g/mol. The summed E-state index contributed by atoms with van der Waals surface area (Å²) in [6, 6.07) is 4.82. The molecule has 0 aliphatic heterocycles. The summed E-state index contributed by atoms with van der Waals surface area (Å²) < 4.78 is 4.86. The highest BCUT2D eigenvalue weighted by atomic mass is 79.9.